The Kier molecular flexibility index (Phi) is 4.92. The Hall–Kier alpha value is -3.08. The zero-order valence-corrected chi connectivity index (χ0v) is 15.4. The summed E-state index contributed by atoms with van der Waals surface area (Å²) in [5, 5.41) is 4.07. The summed E-state index contributed by atoms with van der Waals surface area (Å²) in [6.45, 7) is 3.37. The molecule has 138 valence electrons. The van der Waals surface area contributed by atoms with Gasteiger partial charge in [-0.1, -0.05) is 30.3 Å². The highest BCUT2D eigenvalue weighted by atomic mass is 16.5. The van der Waals surface area contributed by atoms with E-state index in [1.54, 1.807) is 6.20 Å². The number of urea groups is 1. The highest BCUT2D eigenvalue weighted by molar-refractivity contribution is 5.99. The number of benzene rings is 2. The Morgan fingerprint density at radius 2 is 2.00 bits per heavy atom. The minimum absolute atomic E-state index is 0.0791. The minimum atomic E-state index is -0.0791. The topological polar surface area (TPSA) is 54.5 Å². The summed E-state index contributed by atoms with van der Waals surface area (Å²) in [6.07, 6.45) is 3.71. The number of nitrogens with zero attached hydrogens (tertiary/aromatic N) is 2. The molecule has 0 radical (unpaired) electrons. The van der Waals surface area contributed by atoms with E-state index in [1.165, 1.54) is 0 Å². The second kappa shape index (κ2) is 7.66. The van der Waals surface area contributed by atoms with Crippen molar-refractivity contribution in [3.63, 3.8) is 0 Å². The van der Waals surface area contributed by atoms with Crippen molar-refractivity contribution in [1.82, 2.24) is 9.88 Å². The van der Waals surface area contributed by atoms with Gasteiger partial charge in [0.2, 0.25) is 0 Å². The van der Waals surface area contributed by atoms with Crippen LogP contribution < -0.4 is 10.1 Å². The fraction of sp³-hybridized carbons (Fsp3) is 0.273. The molecule has 0 bridgehead atoms. The summed E-state index contributed by atoms with van der Waals surface area (Å²) in [5.74, 6) is 0.858. The van der Waals surface area contributed by atoms with Crippen molar-refractivity contribution in [2.45, 2.75) is 25.8 Å². The standard InChI is InChI=1S/C22H23N3O2/c1-2-27-18-12-10-16(11-13-18)20-9-5-15-25(20)22(26)24-19-8-3-6-17-7-4-14-23-21(17)19/h3-4,6-8,10-14,20H,2,5,9,15H2,1H3,(H,24,26). The Morgan fingerprint density at radius 3 is 2.81 bits per heavy atom. The third kappa shape index (κ3) is 3.58. The molecule has 1 unspecified atom stereocenters. The summed E-state index contributed by atoms with van der Waals surface area (Å²) in [4.78, 5) is 19.3. The molecule has 5 heteroatoms. The zero-order valence-electron chi connectivity index (χ0n) is 15.4. The van der Waals surface area contributed by atoms with Gasteiger partial charge in [-0.15, -0.1) is 0 Å². The Morgan fingerprint density at radius 1 is 1.19 bits per heavy atom. The molecule has 1 fully saturated rings. The molecule has 2 aromatic carbocycles. The Bertz CT molecular complexity index is 934. The minimum Gasteiger partial charge on any atom is -0.494 e. The van der Waals surface area contributed by atoms with E-state index in [2.05, 4.69) is 22.4 Å². The van der Waals surface area contributed by atoms with Gasteiger partial charge < -0.3 is 15.0 Å². The van der Waals surface area contributed by atoms with Crippen molar-refractivity contribution in [2.24, 2.45) is 0 Å². The second-order valence-corrected chi connectivity index (χ2v) is 6.66. The molecule has 1 aliphatic rings. The Labute approximate surface area is 159 Å². The lowest BCUT2D eigenvalue weighted by atomic mass is 10.0. The van der Waals surface area contributed by atoms with Crippen LogP contribution >= 0.6 is 0 Å². The molecule has 5 nitrogen and oxygen atoms in total. The average Bonchev–Trinajstić information content (AvgIpc) is 3.19. The van der Waals surface area contributed by atoms with Gasteiger partial charge in [-0.05, 0) is 49.6 Å². The van der Waals surface area contributed by atoms with E-state index in [0.29, 0.717) is 6.61 Å². The van der Waals surface area contributed by atoms with Gasteiger partial charge in [0, 0.05) is 18.1 Å². The lowest BCUT2D eigenvalue weighted by Crippen LogP contribution is -2.34. The van der Waals surface area contributed by atoms with Crippen LogP contribution in [0.25, 0.3) is 10.9 Å². The number of carbonyl (C=O) groups is 1. The first-order chi connectivity index (χ1) is 13.3. The number of anilines is 1. The third-order valence-corrected chi connectivity index (χ3v) is 4.96. The molecule has 1 N–H and O–H groups in total. The molecule has 0 spiro atoms. The number of carbonyl (C=O) groups excluding carboxylic acids is 1. The van der Waals surface area contributed by atoms with Crippen LogP contribution in [-0.2, 0) is 0 Å². The number of fused-ring (bicyclic) bond motifs is 1. The van der Waals surface area contributed by atoms with E-state index in [4.69, 9.17) is 4.74 Å². The number of nitrogens with one attached hydrogen (secondary N) is 1. The van der Waals surface area contributed by atoms with Gasteiger partial charge in [0.25, 0.3) is 0 Å². The van der Waals surface area contributed by atoms with Crippen molar-refractivity contribution in [2.75, 3.05) is 18.5 Å². The van der Waals surface area contributed by atoms with Crippen LogP contribution in [0.5, 0.6) is 5.75 Å². The van der Waals surface area contributed by atoms with Crippen LogP contribution in [-0.4, -0.2) is 29.1 Å². The van der Waals surface area contributed by atoms with E-state index in [-0.39, 0.29) is 12.1 Å². The number of aromatic nitrogens is 1. The number of hydrogen-bond donors (Lipinski definition) is 1. The molecule has 0 aliphatic carbocycles. The zero-order chi connectivity index (χ0) is 18.6. The number of amides is 2. The van der Waals surface area contributed by atoms with E-state index in [9.17, 15) is 4.79 Å². The van der Waals surface area contributed by atoms with Crippen LogP contribution in [0, 0.1) is 0 Å². The maximum absolute atomic E-state index is 13.0. The first-order valence-electron chi connectivity index (χ1n) is 9.40. The van der Waals surface area contributed by atoms with Crippen molar-refractivity contribution >= 4 is 22.6 Å². The van der Waals surface area contributed by atoms with Crippen molar-refractivity contribution < 1.29 is 9.53 Å². The first-order valence-corrected chi connectivity index (χ1v) is 9.40. The molecule has 1 atom stereocenters. The maximum Gasteiger partial charge on any atom is 0.322 e. The van der Waals surface area contributed by atoms with E-state index >= 15 is 0 Å². The monoisotopic (exact) mass is 361 g/mol. The molecular weight excluding hydrogens is 338 g/mol. The lowest BCUT2D eigenvalue weighted by Gasteiger charge is -2.25. The Balaban J connectivity index is 1.53. The smallest absolute Gasteiger partial charge is 0.322 e. The van der Waals surface area contributed by atoms with E-state index in [0.717, 1.165) is 47.3 Å². The third-order valence-electron chi connectivity index (χ3n) is 4.96. The molecular formula is C22H23N3O2. The largest absolute Gasteiger partial charge is 0.494 e. The highest BCUT2D eigenvalue weighted by Gasteiger charge is 2.30. The van der Waals surface area contributed by atoms with Crippen molar-refractivity contribution in [3.8, 4) is 5.75 Å². The summed E-state index contributed by atoms with van der Waals surface area (Å²) >= 11 is 0. The molecule has 27 heavy (non-hydrogen) atoms. The van der Waals surface area contributed by atoms with Crippen LogP contribution in [0.4, 0.5) is 10.5 Å². The molecule has 2 amide bonds. The van der Waals surface area contributed by atoms with E-state index in [1.807, 2.05) is 54.3 Å². The fourth-order valence-electron chi connectivity index (χ4n) is 3.70. The molecule has 4 rings (SSSR count). The molecule has 3 aromatic rings. The number of likely N-dealkylation sites (tertiary alicyclic amines) is 1. The predicted molar refractivity (Wildman–Crippen MR) is 107 cm³/mol. The molecule has 1 aromatic heterocycles. The molecule has 2 heterocycles. The fourth-order valence-corrected chi connectivity index (χ4v) is 3.70. The summed E-state index contributed by atoms with van der Waals surface area (Å²) in [5.41, 5.74) is 2.70. The van der Waals surface area contributed by atoms with Gasteiger partial charge in [0.15, 0.2) is 0 Å². The van der Waals surface area contributed by atoms with Gasteiger partial charge in [0.05, 0.1) is 23.9 Å². The quantitative estimate of drug-likeness (QED) is 0.711. The number of para-hydroxylation sites is 1. The first kappa shape index (κ1) is 17.3. The SMILES string of the molecule is CCOc1ccc(C2CCCN2C(=O)Nc2cccc3cccnc23)cc1. The predicted octanol–water partition coefficient (Wildman–Crippen LogP) is 5.00. The van der Waals surface area contributed by atoms with Crippen molar-refractivity contribution in [3.05, 3.63) is 66.4 Å². The normalized spacial score (nSPS) is 16.5. The van der Waals surface area contributed by atoms with Crippen molar-refractivity contribution in [1.29, 1.82) is 0 Å². The molecule has 0 saturated carbocycles. The number of pyridine rings is 1. The molecule has 1 saturated heterocycles. The summed E-state index contributed by atoms with van der Waals surface area (Å²) in [6, 6.07) is 17.8. The number of hydrogen-bond acceptors (Lipinski definition) is 3. The van der Waals surface area contributed by atoms with Gasteiger partial charge >= 0.3 is 6.03 Å². The maximum atomic E-state index is 13.0. The van der Waals surface area contributed by atoms with Crippen LogP contribution in [0.2, 0.25) is 0 Å². The van der Waals surface area contributed by atoms with Crippen LogP contribution in [0.15, 0.2) is 60.8 Å². The van der Waals surface area contributed by atoms with Gasteiger partial charge in [0.1, 0.15) is 5.75 Å². The average molecular weight is 361 g/mol. The second-order valence-electron chi connectivity index (χ2n) is 6.66. The highest BCUT2D eigenvalue weighted by Crippen LogP contribution is 2.33. The van der Waals surface area contributed by atoms with Gasteiger partial charge in [-0.3, -0.25) is 4.98 Å². The summed E-state index contributed by atoms with van der Waals surface area (Å²) < 4.78 is 5.52. The number of rotatable bonds is 4. The van der Waals surface area contributed by atoms with E-state index < -0.39 is 0 Å². The lowest BCUT2D eigenvalue weighted by molar-refractivity contribution is 0.207. The van der Waals surface area contributed by atoms with Gasteiger partial charge in [-0.2, -0.15) is 0 Å². The number of ether oxygens (including phenoxy) is 1. The van der Waals surface area contributed by atoms with Gasteiger partial charge in [-0.25, -0.2) is 4.79 Å². The van der Waals surface area contributed by atoms with Crippen LogP contribution in [0.1, 0.15) is 31.4 Å². The summed E-state index contributed by atoms with van der Waals surface area (Å²) in [7, 11) is 0. The molecule has 1 aliphatic heterocycles. The van der Waals surface area contributed by atoms with Crippen LogP contribution in [0.3, 0.4) is 0 Å².